The van der Waals surface area contributed by atoms with Crippen molar-refractivity contribution in [2.75, 3.05) is 0 Å². The van der Waals surface area contributed by atoms with Crippen LogP contribution < -0.4 is 0 Å². The van der Waals surface area contributed by atoms with Crippen LogP contribution in [0.5, 0.6) is 0 Å². The molecule has 0 unspecified atom stereocenters. The van der Waals surface area contributed by atoms with Gasteiger partial charge in [0.1, 0.15) is 0 Å². The summed E-state index contributed by atoms with van der Waals surface area (Å²) in [7, 11) is 0. The molecule has 1 rings (SSSR count). The first-order chi connectivity index (χ1) is 5.57. The van der Waals surface area contributed by atoms with Gasteiger partial charge in [0.2, 0.25) is 0 Å². The second kappa shape index (κ2) is 2.81. The third-order valence-electron chi connectivity index (χ3n) is 1.20. The zero-order valence-corrected chi connectivity index (χ0v) is 5.54. The monoisotopic (exact) mass is 175 g/mol. The van der Waals surface area contributed by atoms with Crippen LogP contribution in [0.2, 0.25) is 0 Å². The van der Waals surface area contributed by atoms with Crippen LogP contribution >= 0.6 is 0 Å². The maximum atomic E-state index is 12.4. The van der Waals surface area contributed by atoms with Gasteiger partial charge in [-0.3, -0.25) is 0 Å². The molecule has 0 spiro atoms. The van der Waals surface area contributed by atoms with Gasteiger partial charge in [0.25, 0.3) is 5.69 Å². The highest BCUT2D eigenvalue weighted by Gasteiger charge is 2.18. The molecule has 0 aromatic heterocycles. The highest BCUT2D eigenvalue weighted by molar-refractivity contribution is 5.47. The topological polar surface area (TPSA) is 4.36 Å². The minimum absolute atomic E-state index is 0.0549. The third-order valence-corrected chi connectivity index (χ3v) is 1.20. The van der Waals surface area contributed by atoms with Gasteiger partial charge in [-0.05, 0) is 0 Å². The van der Waals surface area contributed by atoms with E-state index in [1.165, 1.54) is 0 Å². The van der Waals surface area contributed by atoms with Crippen molar-refractivity contribution < 1.29 is 17.6 Å². The molecule has 0 N–H and O–H groups in total. The Kier molecular flexibility index (Phi) is 2.00. The first-order valence-electron chi connectivity index (χ1n) is 2.78. The molecule has 62 valence electrons. The van der Waals surface area contributed by atoms with Crippen molar-refractivity contribution >= 4 is 5.69 Å². The molecule has 1 aromatic rings. The van der Waals surface area contributed by atoms with E-state index >= 15 is 0 Å². The van der Waals surface area contributed by atoms with E-state index in [-0.39, 0.29) is 6.07 Å². The summed E-state index contributed by atoms with van der Waals surface area (Å²) in [5, 5.41) is 0. The number of benzene rings is 1. The first kappa shape index (κ1) is 8.53. The maximum absolute atomic E-state index is 12.4. The van der Waals surface area contributed by atoms with Gasteiger partial charge < -0.3 is 0 Å². The summed E-state index contributed by atoms with van der Waals surface area (Å²) in [6.07, 6.45) is 0. The normalized spacial score (nSPS) is 9.58. The average molecular weight is 175 g/mol. The Morgan fingerprint density at radius 3 is 1.75 bits per heavy atom. The Morgan fingerprint density at radius 1 is 1.00 bits per heavy atom. The van der Waals surface area contributed by atoms with Crippen molar-refractivity contribution in [1.29, 1.82) is 0 Å². The van der Waals surface area contributed by atoms with Crippen molar-refractivity contribution in [2.24, 2.45) is 0 Å². The highest BCUT2D eigenvalue weighted by Crippen LogP contribution is 2.26. The lowest BCUT2D eigenvalue weighted by molar-refractivity contribution is 0.461. The number of hydrogen-bond acceptors (Lipinski definition) is 0. The molecule has 5 heteroatoms. The van der Waals surface area contributed by atoms with Gasteiger partial charge >= 0.3 is 0 Å². The summed E-state index contributed by atoms with van der Waals surface area (Å²) in [5.41, 5.74) is -1.26. The van der Waals surface area contributed by atoms with Crippen LogP contribution in [0, 0.1) is 29.8 Å². The molecule has 0 radical (unpaired) electrons. The van der Waals surface area contributed by atoms with E-state index in [1.54, 1.807) is 0 Å². The standard InChI is InChI=1S/C7HF4N/c1-12-7-5(10)3(8)2-4(9)6(7)11/h2H. The largest absolute Gasteiger partial charge is 0.262 e. The van der Waals surface area contributed by atoms with Crippen LogP contribution in [0.25, 0.3) is 4.85 Å². The fraction of sp³-hybridized carbons (Fsp3) is 0. The molecular weight excluding hydrogens is 174 g/mol. The molecule has 0 aliphatic rings. The van der Waals surface area contributed by atoms with Gasteiger partial charge in [0, 0.05) is 6.07 Å². The van der Waals surface area contributed by atoms with Crippen molar-refractivity contribution in [2.45, 2.75) is 0 Å². The SMILES string of the molecule is [C-]#[N+]c1c(F)c(F)cc(F)c1F. The lowest BCUT2D eigenvalue weighted by atomic mass is 10.3. The molecule has 0 saturated heterocycles. The Labute approximate surface area is 65.1 Å². The Morgan fingerprint density at radius 2 is 1.42 bits per heavy atom. The summed E-state index contributed by atoms with van der Waals surface area (Å²) >= 11 is 0. The highest BCUT2D eigenvalue weighted by atomic mass is 19.2. The average Bonchev–Trinajstić information content (AvgIpc) is 2.02. The van der Waals surface area contributed by atoms with Gasteiger partial charge in [-0.15, -0.1) is 0 Å². The minimum Gasteiger partial charge on any atom is -0.232 e. The van der Waals surface area contributed by atoms with Crippen LogP contribution in [0.15, 0.2) is 6.07 Å². The molecule has 0 bridgehead atoms. The number of hydrogen-bond donors (Lipinski definition) is 0. The molecule has 12 heavy (non-hydrogen) atoms. The quantitative estimate of drug-likeness (QED) is 0.324. The van der Waals surface area contributed by atoms with Crippen LogP contribution in [0.3, 0.4) is 0 Å². The molecule has 1 aromatic carbocycles. The minimum atomic E-state index is -1.66. The van der Waals surface area contributed by atoms with Crippen LogP contribution in [0.4, 0.5) is 23.2 Å². The molecule has 0 amide bonds. The van der Waals surface area contributed by atoms with E-state index in [1.807, 2.05) is 0 Å². The van der Waals surface area contributed by atoms with E-state index in [4.69, 9.17) is 6.57 Å². The fourth-order valence-electron chi connectivity index (χ4n) is 0.659. The molecule has 1 nitrogen and oxygen atoms in total. The second-order valence-corrected chi connectivity index (χ2v) is 1.93. The molecule has 0 aliphatic heterocycles. The van der Waals surface area contributed by atoms with Gasteiger partial charge in [-0.1, -0.05) is 0 Å². The molecular formula is C7HF4N. The van der Waals surface area contributed by atoms with Gasteiger partial charge in [-0.25, -0.2) is 22.4 Å². The van der Waals surface area contributed by atoms with E-state index in [9.17, 15) is 17.6 Å². The fourth-order valence-corrected chi connectivity index (χ4v) is 0.659. The summed E-state index contributed by atoms with van der Waals surface area (Å²) in [6, 6.07) is 0.0549. The summed E-state index contributed by atoms with van der Waals surface area (Å²) < 4.78 is 49.5. The van der Waals surface area contributed by atoms with Crippen LogP contribution in [-0.2, 0) is 0 Å². The number of nitrogens with zero attached hydrogens (tertiary/aromatic N) is 1. The molecule has 0 saturated carbocycles. The Balaban J connectivity index is 3.56. The summed E-state index contributed by atoms with van der Waals surface area (Å²) in [4.78, 5) is 2.31. The van der Waals surface area contributed by atoms with Crippen molar-refractivity contribution in [3.8, 4) is 0 Å². The molecule has 0 aliphatic carbocycles. The zero-order valence-electron chi connectivity index (χ0n) is 5.54. The van der Waals surface area contributed by atoms with Crippen molar-refractivity contribution in [3.05, 3.63) is 40.8 Å². The molecule has 0 heterocycles. The first-order valence-corrected chi connectivity index (χ1v) is 2.78. The van der Waals surface area contributed by atoms with E-state index in [2.05, 4.69) is 4.85 Å². The predicted molar refractivity (Wildman–Crippen MR) is 32.5 cm³/mol. The Bertz CT molecular complexity index is 340. The molecule has 0 fully saturated rings. The van der Waals surface area contributed by atoms with E-state index < -0.39 is 29.0 Å². The predicted octanol–water partition coefficient (Wildman–Crippen LogP) is 2.79. The van der Waals surface area contributed by atoms with Crippen molar-refractivity contribution in [3.63, 3.8) is 0 Å². The summed E-state index contributed by atoms with van der Waals surface area (Å²) in [5.74, 6) is -6.47. The van der Waals surface area contributed by atoms with Gasteiger partial charge in [-0.2, -0.15) is 0 Å². The Hall–Kier alpha value is -1.57. The van der Waals surface area contributed by atoms with Crippen LogP contribution in [-0.4, -0.2) is 0 Å². The number of halogens is 4. The van der Waals surface area contributed by atoms with Crippen LogP contribution in [0.1, 0.15) is 0 Å². The maximum Gasteiger partial charge on any atom is 0.262 e. The van der Waals surface area contributed by atoms with Gasteiger partial charge in [0.15, 0.2) is 23.3 Å². The third kappa shape index (κ3) is 1.11. The van der Waals surface area contributed by atoms with Gasteiger partial charge in [0.05, 0.1) is 6.57 Å². The molecule has 0 atom stereocenters. The number of rotatable bonds is 0. The van der Waals surface area contributed by atoms with Crippen molar-refractivity contribution in [1.82, 2.24) is 0 Å². The summed E-state index contributed by atoms with van der Waals surface area (Å²) in [6.45, 7) is 6.23. The van der Waals surface area contributed by atoms with E-state index in [0.717, 1.165) is 0 Å². The zero-order chi connectivity index (χ0) is 9.30. The lowest BCUT2D eigenvalue weighted by Gasteiger charge is -1.98. The lowest BCUT2D eigenvalue weighted by Crippen LogP contribution is -1.92. The van der Waals surface area contributed by atoms with E-state index in [0.29, 0.717) is 0 Å². The second-order valence-electron chi connectivity index (χ2n) is 1.93. The smallest absolute Gasteiger partial charge is 0.232 e.